The molecule has 4 bridgehead atoms. The fraction of sp³-hybridized carbons (Fsp3) is 0.676. The van der Waals surface area contributed by atoms with E-state index in [1.54, 1.807) is 12.1 Å². The number of aromatic hydroxyl groups is 1. The first kappa shape index (κ1) is 34.6. The van der Waals surface area contributed by atoms with Crippen molar-refractivity contribution in [2.75, 3.05) is 13.1 Å². The molecule has 1 aromatic carbocycles. The number of aromatic nitrogens is 2. The van der Waals surface area contributed by atoms with Crippen molar-refractivity contribution in [3.8, 4) is 5.75 Å². The van der Waals surface area contributed by atoms with E-state index < -0.39 is 24.0 Å². The number of benzene rings is 1. The molecule has 0 spiro atoms. The molecule has 2 aromatic rings. The van der Waals surface area contributed by atoms with Crippen molar-refractivity contribution in [3.63, 3.8) is 0 Å². The van der Waals surface area contributed by atoms with Crippen molar-refractivity contribution in [1.29, 1.82) is 5.41 Å². The quantitative estimate of drug-likeness (QED) is 0.0750. The van der Waals surface area contributed by atoms with Crippen LogP contribution >= 0.6 is 0 Å². The monoisotopic (exact) mass is 651 g/mol. The smallest absolute Gasteiger partial charge is 0.249 e. The number of guanidine groups is 1. The number of amides is 2. The molecule has 2 amide bonds. The summed E-state index contributed by atoms with van der Waals surface area (Å²) in [7, 11) is 0. The van der Waals surface area contributed by atoms with Gasteiger partial charge < -0.3 is 42.8 Å². The van der Waals surface area contributed by atoms with Crippen LogP contribution in [0.3, 0.4) is 0 Å². The number of phenols is 1. The molecule has 13 nitrogen and oxygen atoms in total. The molecule has 0 aliphatic heterocycles. The van der Waals surface area contributed by atoms with Crippen LogP contribution in [0.15, 0.2) is 16.7 Å². The number of rotatable bonds is 16. The summed E-state index contributed by atoms with van der Waals surface area (Å²) in [4.78, 5) is 32.3. The van der Waals surface area contributed by atoms with Crippen LogP contribution in [0.25, 0.3) is 0 Å². The molecule has 3 unspecified atom stereocenters. The Morgan fingerprint density at radius 3 is 2.26 bits per heavy atom. The zero-order valence-electron chi connectivity index (χ0n) is 27.8. The maximum Gasteiger partial charge on any atom is 0.249 e. The average molecular weight is 652 g/mol. The van der Waals surface area contributed by atoms with Crippen molar-refractivity contribution >= 4 is 17.8 Å². The van der Waals surface area contributed by atoms with Gasteiger partial charge in [-0.2, -0.15) is 4.98 Å². The van der Waals surface area contributed by atoms with Gasteiger partial charge in [-0.25, -0.2) is 0 Å². The van der Waals surface area contributed by atoms with E-state index in [9.17, 15) is 14.7 Å². The summed E-state index contributed by atoms with van der Waals surface area (Å²) < 4.78 is 5.92. The highest BCUT2D eigenvalue weighted by molar-refractivity contribution is 5.90. The number of hydrogen-bond acceptors (Lipinski definition) is 9. The van der Waals surface area contributed by atoms with E-state index in [2.05, 4.69) is 21.1 Å². The number of nitrogens with one attached hydrogen (secondary N) is 4. The van der Waals surface area contributed by atoms with Crippen LogP contribution in [0.5, 0.6) is 5.75 Å². The zero-order chi connectivity index (χ0) is 33.7. The molecular formula is C34H53N9O4. The molecule has 4 saturated carbocycles. The minimum absolute atomic E-state index is 0.0389. The Labute approximate surface area is 277 Å². The van der Waals surface area contributed by atoms with Gasteiger partial charge in [-0.1, -0.05) is 5.16 Å². The lowest BCUT2D eigenvalue weighted by Crippen LogP contribution is -2.53. The third-order valence-electron chi connectivity index (χ3n) is 10.6. The topological polar surface area (TPSA) is 231 Å². The highest BCUT2D eigenvalue weighted by Crippen LogP contribution is 2.60. The maximum atomic E-state index is 14.1. The zero-order valence-corrected chi connectivity index (χ0v) is 27.8. The van der Waals surface area contributed by atoms with Gasteiger partial charge in [0, 0.05) is 18.4 Å². The maximum absolute atomic E-state index is 14.1. The highest BCUT2D eigenvalue weighted by Gasteiger charge is 2.54. The Bertz CT molecular complexity index is 1370. The van der Waals surface area contributed by atoms with Crippen LogP contribution in [0.1, 0.15) is 105 Å². The first-order valence-electron chi connectivity index (χ1n) is 17.2. The molecule has 0 saturated heterocycles. The van der Waals surface area contributed by atoms with E-state index in [-0.39, 0.29) is 29.5 Å². The Balaban J connectivity index is 1.34. The van der Waals surface area contributed by atoms with E-state index in [0.717, 1.165) is 72.4 Å². The highest BCUT2D eigenvalue weighted by atomic mass is 16.5. The summed E-state index contributed by atoms with van der Waals surface area (Å²) in [5.41, 5.74) is 19.8. The molecule has 4 aliphatic carbocycles. The number of phenolic OH excluding ortho intramolecular Hbond substituents is 1. The summed E-state index contributed by atoms with van der Waals surface area (Å²) in [5, 5.41) is 30.7. The normalized spacial score (nSPS) is 24.8. The molecule has 1 heterocycles. The van der Waals surface area contributed by atoms with Crippen LogP contribution < -0.4 is 33.2 Å². The Morgan fingerprint density at radius 1 is 1.02 bits per heavy atom. The first-order chi connectivity index (χ1) is 22.5. The third kappa shape index (κ3) is 8.42. The van der Waals surface area contributed by atoms with E-state index in [1.807, 2.05) is 13.8 Å². The number of hydrogen-bond donors (Lipinski definition) is 8. The van der Waals surface area contributed by atoms with Gasteiger partial charge >= 0.3 is 0 Å². The predicted octanol–water partition coefficient (Wildman–Crippen LogP) is 2.46. The fourth-order valence-corrected chi connectivity index (χ4v) is 8.66. The van der Waals surface area contributed by atoms with Crippen LogP contribution in [-0.4, -0.2) is 58.2 Å². The van der Waals surface area contributed by atoms with Crippen molar-refractivity contribution in [2.45, 2.75) is 114 Å². The summed E-state index contributed by atoms with van der Waals surface area (Å²) in [5.74, 6) is 2.51. The van der Waals surface area contributed by atoms with E-state index >= 15 is 0 Å². The van der Waals surface area contributed by atoms with Gasteiger partial charge in [0.05, 0.1) is 6.04 Å². The Morgan fingerprint density at radius 2 is 1.66 bits per heavy atom. The van der Waals surface area contributed by atoms with E-state index in [4.69, 9.17) is 32.1 Å². The molecule has 4 fully saturated rings. The third-order valence-corrected chi connectivity index (χ3v) is 10.6. The lowest BCUT2D eigenvalue weighted by Gasteiger charge is -2.55. The fourth-order valence-electron chi connectivity index (χ4n) is 8.66. The lowest BCUT2D eigenvalue weighted by molar-refractivity contribution is -0.130. The number of nitrogens with zero attached hydrogens (tertiary/aromatic N) is 2. The van der Waals surface area contributed by atoms with Crippen molar-refractivity contribution in [1.82, 2.24) is 26.1 Å². The molecule has 47 heavy (non-hydrogen) atoms. The van der Waals surface area contributed by atoms with Gasteiger partial charge in [0.25, 0.3) is 0 Å². The van der Waals surface area contributed by atoms with Crippen LogP contribution in [0.4, 0.5) is 0 Å². The SMILES string of the molecule is Cc1cc(O)cc(C)c1CC(NC(=O)C(N)CCCNC(=N)N)C(=O)NC(CCCCN)c1nc(C23CC4CC(CC(C4)C2)C3)no1. The first-order valence-corrected chi connectivity index (χ1v) is 17.2. The van der Waals surface area contributed by atoms with Gasteiger partial charge in [-0.15, -0.1) is 0 Å². The van der Waals surface area contributed by atoms with Gasteiger partial charge in [0.15, 0.2) is 11.8 Å². The Hall–Kier alpha value is -3.71. The summed E-state index contributed by atoms with van der Waals surface area (Å²) in [6.45, 7) is 4.67. The minimum Gasteiger partial charge on any atom is -0.508 e. The number of aryl methyl sites for hydroxylation is 2. The van der Waals surface area contributed by atoms with Gasteiger partial charge in [-0.05, 0) is 138 Å². The molecule has 0 radical (unpaired) electrons. The van der Waals surface area contributed by atoms with Crippen molar-refractivity contribution < 1.29 is 19.2 Å². The number of nitrogens with two attached hydrogens (primary N) is 3. The second-order valence-corrected chi connectivity index (χ2v) is 14.4. The standard InChI is InChI=1S/C34H53N9O4/c1-19-10-24(44)11-20(2)25(19)15-28(41-29(45)26(36)6-5-9-39-33(37)38)30(46)40-27(7-3-4-8-35)31-42-32(43-47-31)34-16-21-12-22(17-34)14-23(13-21)18-34/h10-11,21-23,26-28,44H,3-9,12-18,35-36H2,1-2H3,(H,40,46)(H,41,45)(H4,37,38,39). The van der Waals surface area contributed by atoms with Crippen molar-refractivity contribution in [3.05, 3.63) is 40.5 Å². The van der Waals surface area contributed by atoms with Crippen LogP contribution in [0, 0.1) is 37.0 Å². The Kier molecular flexibility index (Phi) is 11.1. The largest absolute Gasteiger partial charge is 0.508 e. The van der Waals surface area contributed by atoms with E-state index in [1.165, 1.54) is 19.3 Å². The summed E-state index contributed by atoms with van der Waals surface area (Å²) in [6.07, 6.45) is 10.4. The minimum atomic E-state index is -0.951. The van der Waals surface area contributed by atoms with Gasteiger partial charge in [-0.3, -0.25) is 15.0 Å². The van der Waals surface area contributed by atoms with Gasteiger partial charge in [0.2, 0.25) is 17.7 Å². The molecule has 3 atom stereocenters. The van der Waals surface area contributed by atoms with Crippen LogP contribution in [0.2, 0.25) is 0 Å². The second-order valence-electron chi connectivity index (χ2n) is 14.4. The summed E-state index contributed by atoms with van der Waals surface area (Å²) >= 11 is 0. The molecule has 11 N–H and O–H groups in total. The van der Waals surface area contributed by atoms with Gasteiger partial charge in [0.1, 0.15) is 17.8 Å². The average Bonchev–Trinajstić information content (AvgIpc) is 3.50. The molecule has 4 aliphatic rings. The number of carbonyl (C=O) groups is 2. The molecule has 258 valence electrons. The number of unbranched alkanes of at least 4 members (excludes halogenated alkanes) is 1. The van der Waals surface area contributed by atoms with Crippen molar-refractivity contribution in [2.24, 2.45) is 35.0 Å². The summed E-state index contributed by atoms with van der Waals surface area (Å²) in [6, 6.07) is 0.936. The number of carbonyl (C=O) groups excluding carboxylic acids is 2. The van der Waals surface area contributed by atoms with Crippen LogP contribution in [-0.2, 0) is 21.4 Å². The lowest BCUT2D eigenvalue weighted by atomic mass is 9.49. The molecule has 13 heteroatoms. The predicted molar refractivity (Wildman–Crippen MR) is 178 cm³/mol. The molecule has 6 rings (SSSR count). The molecular weight excluding hydrogens is 598 g/mol. The second kappa shape index (κ2) is 15.0. The van der Waals surface area contributed by atoms with E-state index in [0.29, 0.717) is 38.2 Å². The molecule has 1 aromatic heterocycles.